The Balaban J connectivity index is 1.52. The minimum absolute atomic E-state index is 0.0548. The molecule has 2 aliphatic heterocycles. The fourth-order valence-corrected chi connectivity index (χ4v) is 4.96. The zero-order valence-electron chi connectivity index (χ0n) is 21.0. The minimum Gasteiger partial charge on any atom is -0.504 e. The molecule has 0 radical (unpaired) electrons. The highest BCUT2D eigenvalue weighted by Gasteiger charge is 2.45. The minimum atomic E-state index is -1.59. The van der Waals surface area contributed by atoms with Gasteiger partial charge in [0.05, 0.1) is 39.6 Å². The fourth-order valence-electron chi connectivity index (χ4n) is 4.96. The number of hydrogen-bond donors (Lipinski definition) is 7. The molecular formula is C26H34O12. The van der Waals surface area contributed by atoms with E-state index in [0.29, 0.717) is 11.1 Å². The topological polar surface area (TPSA) is 188 Å². The van der Waals surface area contributed by atoms with E-state index in [2.05, 4.69) is 0 Å². The van der Waals surface area contributed by atoms with Crippen LogP contribution in [0.2, 0.25) is 0 Å². The summed E-state index contributed by atoms with van der Waals surface area (Å²) in [5, 5.41) is 70.8. The predicted molar refractivity (Wildman–Crippen MR) is 130 cm³/mol. The molecule has 0 saturated carbocycles. The molecule has 0 aliphatic carbocycles. The van der Waals surface area contributed by atoms with Gasteiger partial charge in [0.1, 0.15) is 24.4 Å². The van der Waals surface area contributed by atoms with Crippen molar-refractivity contribution >= 4 is 0 Å². The second-order valence-corrected chi connectivity index (χ2v) is 9.37. The lowest BCUT2D eigenvalue weighted by molar-refractivity contribution is -0.277. The molecule has 2 aliphatic rings. The van der Waals surface area contributed by atoms with Crippen molar-refractivity contribution in [3.63, 3.8) is 0 Å². The first kappa shape index (κ1) is 28.3. The van der Waals surface area contributed by atoms with Crippen molar-refractivity contribution in [3.05, 3.63) is 47.5 Å². The number of hydrogen-bond acceptors (Lipinski definition) is 12. The van der Waals surface area contributed by atoms with Gasteiger partial charge in [-0.15, -0.1) is 0 Å². The monoisotopic (exact) mass is 538 g/mol. The Kier molecular flexibility index (Phi) is 8.96. The van der Waals surface area contributed by atoms with Crippen LogP contribution in [-0.4, -0.2) is 100 Å². The van der Waals surface area contributed by atoms with E-state index >= 15 is 0 Å². The third-order valence-corrected chi connectivity index (χ3v) is 7.18. The third-order valence-electron chi connectivity index (χ3n) is 7.18. The van der Waals surface area contributed by atoms with Gasteiger partial charge in [-0.2, -0.15) is 0 Å². The molecule has 12 nitrogen and oxygen atoms in total. The average molecular weight is 539 g/mol. The standard InChI is InChI=1S/C26H34O12/c1-34-18-7-12(3-5-16(18)29)21(30)15-11-36-25(14(15)9-27)13-4-6-17(19(8-13)35-2)37-26-24(33)23(32)22(31)20(10-28)38-26/h3-8,14-15,20-33H,9-11H2,1-2H3/t14-,15-,20+,21-,22-,23-,24-,25+,26-/m1/s1. The van der Waals surface area contributed by atoms with E-state index in [1.165, 1.54) is 26.4 Å². The number of methoxy groups -OCH3 is 2. The predicted octanol–water partition coefficient (Wildman–Crippen LogP) is -0.382. The van der Waals surface area contributed by atoms with E-state index in [1.807, 2.05) is 0 Å². The molecule has 2 heterocycles. The first-order valence-electron chi connectivity index (χ1n) is 12.2. The van der Waals surface area contributed by atoms with Crippen molar-refractivity contribution in [2.45, 2.75) is 42.9 Å². The van der Waals surface area contributed by atoms with E-state index in [4.69, 9.17) is 23.7 Å². The summed E-state index contributed by atoms with van der Waals surface area (Å²) in [6, 6.07) is 9.40. The van der Waals surface area contributed by atoms with E-state index in [9.17, 15) is 35.7 Å². The molecule has 210 valence electrons. The Bertz CT molecular complexity index is 1080. The van der Waals surface area contributed by atoms with Crippen LogP contribution in [0, 0.1) is 11.8 Å². The normalized spacial score (nSPS) is 32.1. The van der Waals surface area contributed by atoms with Crippen molar-refractivity contribution in [2.75, 3.05) is 34.0 Å². The second-order valence-electron chi connectivity index (χ2n) is 9.37. The molecule has 2 aromatic rings. The van der Waals surface area contributed by atoms with E-state index in [1.54, 1.807) is 24.3 Å². The van der Waals surface area contributed by atoms with Gasteiger partial charge in [0, 0.05) is 18.4 Å². The highest BCUT2D eigenvalue weighted by Crippen LogP contribution is 2.46. The van der Waals surface area contributed by atoms with E-state index in [0.717, 1.165) is 0 Å². The van der Waals surface area contributed by atoms with Gasteiger partial charge in [-0.1, -0.05) is 12.1 Å². The maximum Gasteiger partial charge on any atom is 0.229 e. The van der Waals surface area contributed by atoms with Gasteiger partial charge in [-0.3, -0.25) is 0 Å². The Labute approximate surface area is 219 Å². The fraction of sp³-hybridized carbons (Fsp3) is 0.538. The summed E-state index contributed by atoms with van der Waals surface area (Å²) in [5.74, 6) is -0.376. The lowest BCUT2D eigenvalue weighted by Gasteiger charge is -2.39. The number of aliphatic hydroxyl groups excluding tert-OH is 6. The van der Waals surface area contributed by atoms with Gasteiger partial charge in [-0.05, 0) is 35.4 Å². The highest BCUT2D eigenvalue weighted by atomic mass is 16.7. The number of aromatic hydroxyl groups is 1. The SMILES string of the molecule is COc1cc([C@@H](O)[C@@H]2CO[C@@H](c3ccc(O[C@@H]4O[C@@H](CO)[C@@H](O)[C@@H](O)[C@H]4O)c(OC)c3)[C@@H]2CO)ccc1O. The number of benzene rings is 2. The van der Waals surface area contributed by atoms with Gasteiger partial charge in [0.25, 0.3) is 0 Å². The molecule has 0 spiro atoms. The highest BCUT2D eigenvalue weighted by molar-refractivity contribution is 5.45. The average Bonchev–Trinajstić information content (AvgIpc) is 3.37. The van der Waals surface area contributed by atoms with Crippen LogP contribution < -0.4 is 14.2 Å². The Hall–Kier alpha value is -2.68. The molecule has 38 heavy (non-hydrogen) atoms. The molecule has 12 heteroatoms. The van der Waals surface area contributed by atoms with Crippen LogP contribution in [0.25, 0.3) is 0 Å². The number of phenols is 1. The molecule has 0 unspecified atom stereocenters. The van der Waals surface area contributed by atoms with E-state index in [-0.39, 0.29) is 36.2 Å². The van der Waals surface area contributed by atoms with Crippen molar-refractivity contribution in [1.82, 2.24) is 0 Å². The largest absolute Gasteiger partial charge is 0.504 e. The van der Waals surface area contributed by atoms with E-state index < -0.39 is 61.4 Å². The molecule has 2 saturated heterocycles. The lowest BCUT2D eigenvalue weighted by atomic mass is 9.82. The molecule has 0 bridgehead atoms. The van der Waals surface area contributed by atoms with Crippen LogP contribution in [0.1, 0.15) is 23.3 Å². The third kappa shape index (κ3) is 5.40. The maximum atomic E-state index is 11.1. The number of aliphatic hydroxyl groups is 6. The number of ether oxygens (including phenoxy) is 5. The zero-order chi connectivity index (χ0) is 27.6. The summed E-state index contributed by atoms with van der Waals surface area (Å²) in [4.78, 5) is 0. The molecule has 0 amide bonds. The first-order valence-corrected chi connectivity index (χ1v) is 12.2. The molecule has 9 atom stereocenters. The summed E-state index contributed by atoms with van der Waals surface area (Å²) < 4.78 is 27.7. The van der Waals surface area contributed by atoms with Crippen molar-refractivity contribution in [2.24, 2.45) is 11.8 Å². The second kappa shape index (κ2) is 12.0. The maximum absolute atomic E-state index is 11.1. The quantitative estimate of drug-likeness (QED) is 0.220. The summed E-state index contributed by atoms with van der Waals surface area (Å²) >= 11 is 0. The smallest absolute Gasteiger partial charge is 0.229 e. The zero-order valence-corrected chi connectivity index (χ0v) is 21.0. The first-order chi connectivity index (χ1) is 18.2. The van der Waals surface area contributed by atoms with Crippen molar-refractivity contribution in [3.8, 4) is 23.0 Å². The van der Waals surface area contributed by atoms with Crippen LogP contribution in [0.15, 0.2) is 36.4 Å². The summed E-state index contributed by atoms with van der Waals surface area (Å²) in [5.41, 5.74) is 1.15. The van der Waals surface area contributed by atoms with Crippen LogP contribution in [0.3, 0.4) is 0 Å². The van der Waals surface area contributed by atoms with Gasteiger partial charge >= 0.3 is 0 Å². The molecule has 7 N–H and O–H groups in total. The van der Waals surface area contributed by atoms with Gasteiger partial charge < -0.3 is 59.4 Å². The molecule has 2 aromatic carbocycles. The summed E-state index contributed by atoms with van der Waals surface area (Å²) in [6.45, 7) is -0.703. The van der Waals surface area contributed by atoms with Gasteiger partial charge in [-0.25, -0.2) is 0 Å². The summed E-state index contributed by atoms with van der Waals surface area (Å²) in [6.07, 6.45) is -8.80. The Morgan fingerprint density at radius 1 is 0.895 bits per heavy atom. The lowest BCUT2D eigenvalue weighted by Crippen LogP contribution is -2.60. The Morgan fingerprint density at radius 3 is 2.29 bits per heavy atom. The van der Waals surface area contributed by atoms with Crippen molar-refractivity contribution < 1.29 is 59.4 Å². The number of rotatable bonds is 9. The Morgan fingerprint density at radius 2 is 1.63 bits per heavy atom. The van der Waals surface area contributed by atoms with Crippen LogP contribution >= 0.6 is 0 Å². The number of phenolic OH excluding ortho intramolecular Hbond substituents is 1. The van der Waals surface area contributed by atoms with Crippen LogP contribution in [0.4, 0.5) is 0 Å². The molecule has 0 aromatic heterocycles. The van der Waals surface area contributed by atoms with Gasteiger partial charge in [0.15, 0.2) is 23.0 Å². The molecule has 4 rings (SSSR count). The molecule has 2 fully saturated rings. The molecular weight excluding hydrogens is 504 g/mol. The van der Waals surface area contributed by atoms with Crippen LogP contribution in [-0.2, 0) is 9.47 Å². The summed E-state index contributed by atoms with van der Waals surface area (Å²) in [7, 11) is 2.82. The van der Waals surface area contributed by atoms with Gasteiger partial charge in [0.2, 0.25) is 6.29 Å². The van der Waals surface area contributed by atoms with Crippen LogP contribution in [0.5, 0.6) is 23.0 Å². The van der Waals surface area contributed by atoms with Crippen molar-refractivity contribution in [1.29, 1.82) is 0 Å².